The van der Waals surface area contributed by atoms with Crippen LogP contribution in [0.15, 0.2) is 11.5 Å². The van der Waals surface area contributed by atoms with Gasteiger partial charge in [0.2, 0.25) is 0 Å². The smallest absolute Gasteiger partial charge is 0.400 e. The third kappa shape index (κ3) is 2.45. The minimum absolute atomic E-state index is 0.346. The van der Waals surface area contributed by atoms with E-state index in [2.05, 4.69) is 0 Å². The maximum absolute atomic E-state index is 12.4. The molecule has 0 aromatic rings. The Bertz CT molecular complexity index is 424. The number of hydroxylamine groups is 2. The van der Waals surface area contributed by atoms with Crippen LogP contribution < -0.4 is 0 Å². The molecule has 0 saturated carbocycles. The van der Waals surface area contributed by atoms with Crippen molar-refractivity contribution in [2.45, 2.75) is 84.1 Å². The second-order valence-corrected chi connectivity index (χ2v) is 8.24. The summed E-state index contributed by atoms with van der Waals surface area (Å²) < 4.78 is 12.2. The lowest BCUT2D eigenvalue weighted by Gasteiger charge is -2.45. The van der Waals surface area contributed by atoms with E-state index in [0.717, 1.165) is 5.47 Å². The number of nitrogens with zero attached hydrogens (tertiary/aromatic N) is 1. The predicted molar refractivity (Wildman–Crippen MR) is 79.5 cm³/mol. The minimum atomic E-state index is -0.541. The van der Waals surface area contributed by atoms with Crippen molar-refractivity contribution in [2.24, 2.45) is 0 Å². The van der Waals surface area contributed by atoms with Gasteiger partial charge in [0.1, 0.15) is 0 Å². The molecule has 0 atom stereocenters. The minimum Gasteiger partial charge on any atom is -0.400 e. The van der Waals surface area contributed by atoms with Gasteiger partial charge in [-0.3, -0.25) is 0 Å². The summed E-state index contributed by atoms with van der Waals surface area (Å²) in [5.41, 5.74) is -0.605. The van der Waals surface area contributed by atoms with Crippen LogP contribution in [0.1, 0.15) is 61.8 Å². The second-order valence-electron chi connectivity index (χ2n) is 8.24. The lowest BCUT2D eigenvalue weighted by atomic mass is 9.67. The Labute approximate surface area is 123 Å². The van der Waals surface area contributed by atoms with Gasteiger partial charge in [0.25, 0.3) is 0 Å². The largest absolute Gasteiger partial charge is 0.490 e. The predicted octanol–water partition coefficient (Wildman–Crippen LogP) is 3.15. The quantitative estimate of drug-likeness (QED) is 0.693. The van der Waals surface area contributed by atoms with Gasteiger partial charge in [-0.1, -0.05) is 6.08 Å². The van der Waals surface area contributed by atoms with Crippen molar-refractivity contribution in [1.82, 2.24) is 5.06 Å². The van der Waals surface area contributed by atoms with Crippen molar-refractivity contribution in [3.63, 3.8) is 0 Å². The van der Waals surface area contributed by atoms with E-state index in [4.69, 9.17) is 9.31 Å². The molecule has 0 N–H and O–H groups in total. The van der Waals surface area contributed by atoms with Gasteiger partial charge in [-0.25, -0.2) is 0 Å². The maximum atomic E-state index is 12.4. The van der Waals surface area contributed by atoms with Crippen LogP contribution >= 0.6 is 0 Å². The van der Waals surface area contributed by atoms with E-state index in [0.29, 0.717) is 6.42 Å². The summed E-state index contributed by atoms with van der Waals surface area (Å²) in [5, 5.41) is 13.5. The molecule has 0 spiro atoms. The molecule has 0 amide bonds. The van der Waals surface area contributed by atoms with Gasteiger partial charge in [0.15, 0.2) is 0 Å². The van der Waals surface area contributed by atoms with Crippen LogP contribution in [0.5, 0.6) is 0 Å². The molecule has 2 rings (SSSR count). The Kier molecular flexibility index (Phi) is 3.46. The fraction of sp³-hybridized carbons (Fsp3) is 0.867. The van der Waals surface area contributed by atoms with Crippen LogP contribution in [0.2, 0.25) is 0 Å². The summed E-state index contributed by atoms with van der Waals surface area (Å²) in [7, 11) is -0.354. The van der Waals surface area contributed by atoms with E-state index in [1.54, 1.807) is 0 Å². The Morgan fingerprint density at radius 3 is 1.85 bits per heavy atom. The van der Waals surface area contributed by atoms with Crippen LogP contribution in [-0.4, -0.2) is 34.5 Å². The molecule has 1 radical (unpaired) electrons. The van der Waals surface area contributed by atoms with Gasteiger partial charge in [-0.05, 0) is 67.3 Å². The molecule has 0 aromatic heterocycles. The summed E-state index contributed by atoms with van der Waals surface area (Å²) in [4.78, 5) is 0. The summed E-state index contributed by atoms with van der Waals surface area (Å²) in [6.45, 7) is 16.0. The maximum Gasteiger partial charge on any atom is 0.490 e. The average molecular weight is 280 g/mol. The normalized spacial score (nSPS) is 31.2. The highest BCUT2D eigenvalue weighted by Gasteiger charge is 2.55. The van der Waals surface area contributed by atoms with Gasteiger partial charge in [-0.2, -0.15) is 0 Å². The summed E-state index contributed by atoms with van der Waals surface area (Å²) in [6, 6.07) is 0. The second kappa shape index (κ2) is 4.32. The molecular formula is C15H27BNO3. The first-order chi connectivity index (χ1) is 8.79. The van der Waals surface area contributed by atoms with Gasteiger partial charge in [-0.15, -0.1) is 10.3 Å². The Hall–Kier alpha value is -0.355. The summed E-state index contributed by atoms with van der Waals surface area (Å²) in [6.07, 6.45) is 2.67. The van der Waals surface area contributed by atoms with E-state index in [1.165, 1.54) is 5.06 Å². The van der Waals surface area contributed by atoms with Crippen LogP contribution in [0, 0.1) is 0 Å². The first-order valence-corrected chi connectivity index (χ1v) is 7.33. The summed E-state index contributed by atoms with van der Waals surface area (Å²) in [5.74, 6) is 0. The van der Waals surface area contributed by atoms with Crippen LogP contribution in [0.25, 0.3) is 0 Å². The zero-order chi connectivity index (χ0) is 15.6. The lowest BCUT2D eigenvalue weighted by Crippen LogP contribution is -2.56. The average Bonchev–Trinajstić information content (AvgIpc) is 2.44. The van der Waals surface area contributed by atoms with Crippen molar-refractivity contribution >= 4 is 7.12 Å². The monoisotopic (exact) mass is 280 g/mol. The third-order valence-electron chi connectivity index (χ3n) is 4.80. The Morgan fingerprint density at radius 2 is 1.45 bits per heavy atom. The Balaban J connectivity index is 2.31. The van der Waals surface area contributed by atoms with Crippen molar-refractivity contribution in [1.29, 1.82) is 0 Å². The van der Waals surface area contributed by atoms with E-state index in [-0.39, 0.29) is 18.3 Å². The number of hydrogen-bond acceptors (Lipinski definition) is 3. The highest BCUT2D eigenvalue weighted by Crippen LogP contribution is 2.43. The van der Waals surface area contributed by atoms with Gasteiger partial charge in [0.05, 0.1) is 16.7 Å². The zero-order valence-electron chi connectivity index (χ0n) is 14.0. The fourth-order valence-electron chi connectivity index (χ4n) is 3.06. The fourth-order valence-corrected chi connectivity index (χ4v) is 3.06. The van der Waals surface area contributed by atoms with Crippen molar-refractivity contribution in [2.75, 3.05) is 0 Å². The highest BCUT2D eigenvalue weighted by molar-refractivity contribution is 6.54. The molecule has 0 bridgehead atoms. The molecule has 0 aliphatic carbocycles. The van der Waals surface area contributed by atoms with E-state index in [9.17, 15) is 5.21 Å². The number of rotatable bonds is 1. The Morgan fingerprint density at radius 1 is 1.00 bits per heavy atom. The first-order valence-electron chi connectivity index (χ1n) is 7.33. The van der Waals surface area contributed by atoms with Crippen molar-refractivity contribution in [3.05, 3.63) is 11.5 Å². The van der Waals surface area contributed by atoms with Crippen LogP contribution in [-0.2, 0) is 14.5 Å². The molecule has 5 heteroatoms. The molecule has 0 aromatic carbocycles. The number of hydrogen-bond donors (Lipinski definition) is 0. The highest BCUT2D eigenvalue weighted by atomic mass is 16.7. The van der Waals surface area contributed by atoms with Crippen LogP contribution in [0.4, 0.5) is 0 Å². The molecular weight excluding hydrogens is 253 g/mol. The van der Waals surface area contributed by atoms with Crippen molar-refractivity contribution < 1.29 is 14.5 Å². The molecule has 4 nitrogen and oxygen atoms in total. The molecule has 1 saturated heterocycles. The third-order valence-corrected chi connectivity index (χ3v) is 4.80. The molecule has 113 valence electrons. The van der Waals surface area contributed by atoms with E-state index < -0.39 is 11.1 Å². The standard InChI is InChI=1S/C15H27BNO3/c1-12(2)9-11(10-13(3,4)17(12)18)16-19-14(5,6)15(7,8)20-16/h9H,10H2,1-8H3. The van der Waals surface area contributed by atoms with Gasteiger partial charge in [0, 0.05) is 5.54 Å². The SMILES string of the molecule is CC1(C)C=C(B2OC(C)(C)C(C)(C)O2)CC(C)(C)N1[O]. The van der Waals surface area contributed by atoms with E-state index >= 15 is 0 Å². The topological polar surface area (TPSA) is 41.6 Å². The lowest BCUT2D eigenvalue weighted by molar-refractivity contribution is -0.262. The first kappa shape index (κ1) is 16.0. The van der Waals surface area contributed by atoms with Crippen molar-refractivity contribution in [3.8, 4) is 0 Å². The molecule has 2 aliphatic rings. The zero-order valence-corrected chi connectivity index (χ0v) is 14.0. The molecule has 2 aliphatic heterocycles. The van der Waals surface area contributed by atoms with E-state index in [1.807, 2.05) is 61.5 Å². The van der Waals surface area contributed by atoms with Gasteiger partial charge >= 0.3 is 7.12 Å². The molecule has 1 fully saturated rings. The molecule has 20 heavy (non-hydrogen) atoms. The molecule has 2 heterocycles. The summed E-state index contributed by atoms with van der Waals surface area (Å²) >= 11 is 0. The molecule has 0 unspecified atom stereocenters. The van der Waals surface area contributed by atoms with Gasteiger partial charge < -0.3 is 9.31 Å². The van der Waals surface area contributed by atoms with Crippen LogP contribution in [0.3, 0.4) is 0 Å².